The largest absolute Gasteiger partial charge is 0.459 e. The molecular formula is C23H13BrN2O7. The number of nitro groups is 1. The quantitative estimate of drug-likeness (QED) is 0.152. The number of halogens is 1. The van der Waals surface area contributed by atoms with E-state index in [9.17, 15) is 19.7 Å². The Morgan fingerprint density at radius 2 is 1.94 bits per heavy atom. The highest BCUT2D eigenvalue weighted by Gasteiger charge is 2.26. The molecule has 0 amide bonds. The van der Waals surface area contributed by atoms with Crippen LogP contribution in [0, 0.1) is 10.1 Å². The highest BCUT2D eigenvalue weighted by atomic mass is 79.9. The number of nitro benzene ring substituents is 1. The highest BCUT2D eigenvalue weighted by molar-refractivity contribution is 9.10. The molecule has 0 saturated carbocycles. The third-order valence-corrected chi connectivity index (χ3v) is 4.84. The topological polar surface area (TPSA) is 121 Å². The van der Waals surface area contributed by atoms with Gasteiger partial charge < -0.3 is 13.9 Å². The summed E-state index contributed by atoms with van der Waals surface area (Å²) in [5, 5.41) is 10.7. The minimum absolute atomic E-state index is 0.0122. The zero-order chi connectivity index (χ0) is 23.4. The van der Waals surface area contributed by atoms with Gasteiger partial charge in [-0.15, -0.1) is 0 Å². The Balaban J connectivity index is 1.53. The predicted molar refractivity (Wildman–Crippen MR) is 121 cm³/mol. The van der Waals surface area contributed by atoms with Crippen LogP contribution in [0.5, 0.6) is 5.75 Å². The van der Waals surface area contributed by atoms with Crippen LogP contribution < -0.4 is 4.74 Å². The molecule has 0 atom stereocenters. The fraction of sp³-hybridized carbons (Fsp3) is 0. The van der Waals surface area contributed by atoms with E-state index in [1.165, 1.54) is 48.8 Å². The van der Waals surface area contributed by atoms with Gasteiger partial charge in [0, 0.05) is 28.2 Å². The molecule has 1 aromatic heterocycles. The van der Waals surface area contributed by atoms with Gasteiger partial charge in [-0.2, -0.15) is 0 Å². The number of ether oxygens (including phenoxy) is 2. The van der Waals surface area contributed by atoms with E-state index in [1.54, 1.807) is 30.3 Å². The third-order valence-electron chi connectivity index (χ3n) is 4.34. The van der Waals surface area contributed by atoms with Crippen molar-refractivity contribution < 1.29 is 28.4 Å². The molecule has 0 bridgehead atoms. The van der Waals surface area contributed by atoms with Crippen LogP contribution >= 0.6 is 15.9 Å². The summed E-state index contributed by atoms with van der Waals surface area (Å²) in [4.78, 5) is 38.9. The lowest BCUT2D eigenvalue weighted by Gasteiger charge is -2.06. The molecule has 164 valence electrons. The molecule has 4 rings (SSSR count). The van der Waals surface area contributed by atoms with E-state index in [2.05, 4.69) is 20.9 Å². The van der Waals surface area contributed by atoms with Gasteiger partial charge in [0.1, 0.15) is 5.75 Å². The van der Waals surface area contributed by atoms with Crippen molar-refractivity contribution in [2.75, 3.05) is 0 Å². The van der Waals surface area contributed by atoms with E-state index < -0.39 is 16.9 Å². The molecule has 0 N–H and O–H groups in total. The molecule has 0 saturated heterocycles. The number of hydrogen-bond donors (Lipinski definition) is 0. The van der Waals surface area contributed by atoms with Gasteiger partial charge in [-0.3, -0.25) is 10.1 Å². The van der Waals surface area contributed by atoms with Crippen LogP contribution in [0.1, 0.15) is 16.9 Å². The summed E-state index contributed by atoms with van der Waals surface area (Å²) >= 11 is 3.35. The summed E-state index contributed by atoms with van der Waals surface area (Å²) in [6.45, 7) is 0. The lowest BCUT2D eigenvalue weighted by molar-refractivity contribution is -0.384. The Bertz CT molecular complexity index is 1320. The van der Waals surface area contributed by atoms with Crippen molar-refractivity contribution in [2.24, 2.45) is 4.99 Å². The Kier molecular flexibility index (Phi) is 6.27. The van der Waals surface area contributed by atoms with Crippen LogP contribution in [0.15, 0.2) is 86.5 Å². The fourth-order valence-corrected chi connectivity index (χ4v) is 3.18. The molecule has 3 aromatic rings. The number of carbonyl (C=O) groups excluding carboxylic acids is 2. The number of aliphatic imine (C=N–C) groups is 1. The summed E-state index contributed by atoms with van der Waals surface area (Å²) in [5.41, 5.74) is 0.964. The zero-order valence-electron chi connectivity index (χ0n) is 16.6. The monoisotopic (exact) mass is 508 g/mol. The first kappa shape index (κ1) is 21.9. The maximum atomic E-state index is 12.3. The maximum absolute atomic E-state index is 12.3. The molecule has 0 unspecified atom stereocenters. The number of furan rings is 1. The normalized spacial score (nSPS) is 14.4. The average molecular weight is 509 g/mol. The highest BCUT2D eigenvalue weighted by Crippen LogP contribution is 2.28. The van der Waals surface area contributed by atoms with Gasteiger partial charge in [-0.05, 0) is 60.2 Å². The number of non-ortho nitro benzene ring substituents is 1. The summed E-state index contributed by atoms with van der Waals surface area (Å²) in [6.07, 6.45) is 5.53. The molecule has 2 heterocycles. The molecule has 1 aliphatic heterocycles. The first-order valence-electron chi connectivity index (χ1n) is 9.39. The van der Waals surface area contributed by atoms with Gasteiger partial charge in [0.05, 0.1) is 11.2 Å². The Morgan fingerprint density at radius 1 is 1.15 bits per heavy atom. The summed E-state index contributed by atoms with van der Waals surface area (Å²) < 4.78 is 16.4. The van der Waals surface area contributed by atoms with Crippen LogP contribution in [0.4, 0.5) is 5.69 Å². The molecule has 33 heavy (non-hydrogen) atoms. The van der Waals surface area contributed by atoms with Crippen LogP contribution in [0.3, 0.4) is 0 Å². The van der Waals surface area contributed by atoms with Gasteiger partial charge in [0.15, 0.2) is 11.5 Å². The van der Waals surface area contributed by atoms with Crippen LogP contribution in [-0.2, 0) is 14.3 Å². The summed E-state index contributed by atoms with van der Waals surface area (Å²) in [7, 11) is 0. The standard InChI is InChI=1S/C23H13BrN2O7/c24-16-6-9-19(32-21(27)10-5-14-3-7-17(8-4-14)26(29)30)15(12-16)13-18-23(28)33-22(25-18)20-2-1-11-31-20/h1-13H/b10-5+,18-13+. The number of hydrogen-bond acceptors (Lipinski definition) is 8. The molecule has 0 spiro atoms. The number of esters is 2. The minimum Gasteiger partial charge on any atom is -0.459 e. The smallest absolute Gasteiger partial charge is 0.363 e. The second-order valence-corrected chi connectivity index (χ2v) is 7.51. The average Bonchev–Trinajstić information content (AvgIpc) is 3.45. The predicted octanol–water partition coefficient (Wildman–Crippen LogP) is 4.91. The Morgan fingerprint density at radius 3 is 2.64 bits per heavy atom. The molecule has 10 heteroatoms. The van der Waals surface area contributed by atoms with Crippen LogP contribution in [0.2, 0.25) is 0 Å². The van der Waals surface area contributed by atoms with E-state index >= 15 is 0 Å². The lowest BCUT2D eigenvalue weighted by atomic mass is 10.1. The van der Waals surface area contributed by atoms with Crippen molar-refractivity contribution in [1.29, 1.82) is 0 Å². The Hall–Kier alpha value is -4.31. The van der Waals surface area contributed by atoms with E-state index in [1.807, 2.05) is 0 Å². The SMILES string of the molecule is O=C(/C=C/c1ccc([N+](=O)[O-])cc1)Oc1ccc(Br)cc1/C=C1/N=C(c2ccco2)OC1=O. The van der Waals surface area contributed by atoms with E-state index in [0.717, 1.165) is 0 Å². The molecular weight excluding hydrogens is 496 g/mol. The number of cyclic esters (lactones) is 1. The molecule has 9 nitrogen and oxygen atoms in total. The third kappa shape index (κ3) is 5.31. The molecule has 2 aromatic carbocycles. The van der Waals surface area contributed by atoms with E-state index in [-0.39, 0.29) is 23.0 Å². The summed E-state index contributed by atoms with van der Waals surface area (Å²) in [5.74, 6) is -0.806. The molecule has 1 aliphatic rings. The second kappa shape index (κ2) is 9.45. The molecule has 0 fully saturated rings. The maximum Gasteiger partial charge on any atom is 0.363 e. The van der Waals surface area contributed by atoms with E-state index in [0.29, 0.717) is 21.4 Å². The van der Waals surface area contributed by atoms with Crippen molar-refractivity contribution in [2.45, 2.75) is 0 Å². The second-order valence-electron chi connectivity index (χ2n) is 6.60. The minimum atomic E-state index is -0.677. The number of benzene rings is 2. The van der Waals surface area contributed by atoms with Crippen LogP contribution in [0.25, 0.3) is 12.2 Å². The number of carbonyl (C=O) groups is 2. The van der Waals surface area contributed by atoms with Crippen molar-refractivity contribution in [3.63, 3.8) is 0 Å². The van der Waals surface area contributed by atoms with Gasteiger partial charge in [0.2, 0.25) is 0 Å². The number of nitrogens with zero attached hydrogens (tertiary/aromatic N) is 2. The first-order valence-corrected chi connectivity index (χ1v) is 10.2. The van der Waals surface area contributed by atoms with Gasteiger partial charge >= 0.3 is 11.9 Å². The molecule has 0 aliphatic carbocycles. The summed E-state index contributed by atoms with van der Waals surface area (Å²) in [6, 6.07) is 13.8. The van der Waals surface area contributed by atoms with Crippen molar-refractivity contribution >= 4 is 51.6 Å². The van der Waals surface area contributed by atoms with Crippen molar-refractivity contribution in [3.8, 4) is 5.75 Å². The lowest BCUT2D eigenvalue weighted by Crippen LogP contribution is -2.06. The van der Waals surface area contributed by atoms with Gasteiger partial charge in [0.25, 0.3) is 11.6 Å². The van der Waals surface area contributed by atoms with E-state index in [4.69, 9.17) is 13.9 Å². The van der Waals surface area contributed by atoms with Crippen molar-refractivity contribution in [3.05, 3.63) is 104 Å². The van der Waals surface area contributed by atoms with Gasteiger partial charge in [-0.25, -0.2) is 14.6 Å². The zero-order valence-corrected chi connectivity index (χ0v) is 18.2. The first-order chi connectivity index (χ1) is 15.9. The fourth-order valence-electron chi connectivity index (χ4n) is 2.80. The van der Waals surface area contributed by atoms with Crippen LogP contribution in [-0.4, -0.2) is 22.8 Å². The molecule has 0 radical (unpaired) electrons. The Labute approximate surface area is 194 Å². The van der Waals surface area contributed by atoms with Gasteiger partial charge in [-0.1, -0.05) is 15.9 Å². The number of rotatable bonds is 6. The van der Waals surface area contributed by atoms with Crippen molar-refractivity contribution in [1.82, 2.24) is 0 Å².